The second-order valence-corrected chi connectivity index (χ2v) is 5.72. The van der Waals surface area contributed by atoms with Crippen molar-refractivity contribution in [3.63, 3.8) is 0 Å². The van der Waals surface area contributed by atoms with Crippen molar-refractivity contribution in [2.75, 3.05) is 6.61 Å². The molecule has 0 bridgehead atoms. The summed E-state index contributed by atoms with van der Waals surface area (Å²) in [6.45, 7) is 8.04. The van der Waals surface area contributed by atoms with E-state index >= 15 is 0 Å². The van der Waals surface area contributed by atoms with E-state index in [2.05, 4.69) is 13.5 Å². The highest BCUT2D eigenvalue weighted by Gasteiger charge is 2.13. The Morgan fingerprint density at radius 3 is 2.35 bits per heavy atom. The highest BCUT2D eigenvalue weighted by molar-refractivity contribution is 5.87. The van der Waals surface area contributed by atoms with Gasteiger partial charge in [0.15, 0.2) is 5.76 Å². The molecular weight excluding hydrogens is 288 g/mol. The minimum Gasteiger partial charge on any atom is -0.487 e. The minimum atomic E-state index is -0.515. The summed E-state index contributed by atoms with van der Waals surface area (Å²) in [6, 6.07) is 7.70. The fourth-order valence-electron chi connectivity index (χ4n) is 2.47. The Morgan fingerprint density at radius 1 is 1.00 bits per heavy atom. The lowest BCUT2D eigenvalue weighted by Gasteiger charge is -2.11. The average molecular weight is 318 g/mol. The van der Waals surface area contributed by atoms with Crippen LogP contribution < -0.4 is 4.74 Å². The van der Waals surface area contributed by atoms with E-state index in [9.17, 15) is 4.79 Å². The van der Waals surface area contributed by atoms with E-state index in [0.29, 0.717) is 12.4 Å². The van der Waals surface area contributed by atoms with Crippen LogP contribution in [0.4, 0.5) is 0 Å². The molecule has 0 radical (unpaired) electrons. The summed E-state index contributed by atoms with van der Waals surface area (Å²) in [6.07, 6.45) is 9.82. The summed E-state index contributed by atoms with van der Waals surface area (Å²) in [7, 11) is 0. The Hall–Kier alpha value is -1.77. The molecule has 0 heterocycles. The molecule has 0 unspecified atom stereocenters. The first-order valence-electron chi connectivity index (χ1n) is 8.80. The van der Waals surface area contributed by atoms with E-state index in [1.54, 1.807) is 0 Å². The fourth-order valence-corrected chi connectivity index (χ4v) is 2.47. The maximum Gasteiger partial charge on any atom is 0.378 e. The number of carbonyl (C=O) groups is 1. The van der Waals surface area contributed by atoms with E-state index in [4.69, 9.17) is 9.47 Å². The molecule has 1 aromatic carbocycles. The van der Waals surface area contributed by atoms with Crippen LogP contribution >= 0.6 is 0 Å². The second-order valence-electron chi connectivity index (χ2n) is 5.72. The molecule has 0 amide bonds. The predicted molar refractivity (Wildman–Crippen MR) is 94.5 cm³/mol. The molecule has 23 heavy (non-hydrogen) atoms. The van der Waals surface area contributed by atoms with Gasteiger partial charge in [0.2, 0.25) is 0 Å². The lowest BCUT2D eigenvalue weighted by Crippen LogP contribution is -2.13. The zero-order chi connectivity index (χ0) is 16.9. The van der Waals surface area contributed by atoms with Crippen LogP contribution in [0.1, 0.15) is 64.4 Å². The number of unbranched alkanes of at least 4 members (excludes halogenated alkanes) is 6. The molecule has 1 rings (SSSR count). The largest absolute Gasteiger partial charge is 0.487 e. The van der Waals surface area contributed by atoms with Gasteiger partial charge in [-0.25, -0.2) is 4.79 Å². The first-order valence-corrected chi connectivity index (χ1v) is 8.80. The van der Waals surface area contributed by atoms with Gasteiger partial charge in [-0.05, 0) is 38.0 Å². The predicted octanol–water partition coefficient (Wildman–Crippen LogP) is 5.44. The highest BCUT2D eigenvalue weighted by Crippen LogP contribution is 2.22. The van der Waals surface area contributed by atoms with Crippen LogP contribution in [0.15, 0.2) is 36.6 Å². The molecule has 3 heteroatoms. The lowest BCUT2D eigenvalue weighted by molar-refractivity contribution is -0.133. The van der Waals surface area contributed by atoms with E-state index < -0.39 is 5.97 Å². The van der Waals surface area contributed by atoms with Crippen molar-refractivity contribution in [2.45, 2.75) is 65.2 Å². The number of rotatable bonds is 12. The molecule has 0 atom stereocenters. The smallest absolute Gasteiger partial charge is 0.378 e. The SMILES string of the molecule is C=C(OCC)C(=O)Oc1ccccc1CCCCCCCCC. The normalized spacial score (nSPS) is 10.3. The minimum absolute atomic E-state index is 0.0539. The molecule has 0 aromatic heterocycles. The van der Waals surface area contributed by atoms with Crippen LogP contribution in [0.3, 0.4) is 0 Å². The zero-order valence-corrected chi connectivity index (χ0v) is 14.6. The van der Waals surface area contributed by atoms with Crippen LogP contribution in [0.2, 0.25) is 0 Å². The third-order valence-corrected chi connectivity index (χ3v) is 3.77. The first kappa shape index (κ1) is 19.3. The third-order valence-electron chi connectivity index (χ3n) is 3.77. The van der Waals surface area contributed by atoms with Gasteiger partial charge in [0.1, 0.15) is 5.75 Å². The van der Waals surface area contributed by atoms with Crippen molar-refractivity contribution in [2.24, 2.45) is 0 Å². The Kier molecular flexibility index (Phi) is 9.85. The summed E-state index contributed by atoms with van der Waals surface area (Å²) in [5.41, 5.74) is 1.07. The van der Waals surface area contributed by atoms with E-state index in [0.717, 1.165) is 18.4 Å². The molecule has 0 saturated heterocycles. The van der Waals surface area contributed by atoms with Gasteiger partial charge in [-0.2, -0.15) is 0 Å². The van der Waals surface area contributed by atoms with Crippen LogP contribution in [0.25, 0.3) is 0 Å². The summed E-state index contributed by atoms with van der Waals surface area (Å²) in [5.74, 6) is 0.154. The van der Waals surface area contributed by atoms with Crippen molar-refractivity contribution < 1.29 is 14.3 Å². The molecule has 0 aliphatic rings. The third kappa shape index (κ3) is 7.87. The second kappa shape index (κ2) is 11.8. The van der Waals surface area contributed by atoms with Gasteiger partial charge < -0.3 is 9.47 Å². The Balaban J connectivity index is 2.41. The number of para-hydroxylation sites is 1. The average Bonchev–Trinajstić information content (AvgIpc) is 2.55. The molecule has 1 aromatic rings. The van der Waals surface area contributed by atoms with Crippen LogP contribution in [0.5, 0.6) is 5.75 Å². The van der Waals surface area contributed by atoms with Gasteiger partial charge in [-0.3, -0.25) is 0 Å². The lowest BCUT2D eigenvalue weighted by atomic mass is 10.0. The molecule has 0 fully saturated rings. The van der Waals surface area contributed by atoms with Crippen molar-refractivity contribution in [1.82, 2.24) is 0 Å². The standard InChI is InChI=1S/C20H30O3/c1-4-6-7-8-9-10-11-14-18-15-12-13-16-19(18)23-20(21)17(3)22-5-2/h12-13,15-16H,3-11,14H2,1-2H3. The number of esters is 1. The van der Waals surface area contributed by atoms with Gasteiger partial charge in [0.05, 0.1) is 6.61 Å². The van der Waals surface area contributed by atoms with Gasteiger partial charge >= 0.3 is 5.97 Å². The number of carbonyl (C=O) groups excluding carboxylic acids is 1. The number of hydrogen-bond donors (Lipinski definition) is 0. The quantitative estimate of drug-likeness (QED) is 0.169. The Morgan fingerprint density at radius 2 is 1.65 bits per heavy atom. The van der Waals surface area contributed by atoms with Crippen molar-refractivity contribution in [3.05, 3.63) is 42.2 Å². The summed E-state index contributed by atoms with van der Waals surface area (Å²) < 4.78 is 10.5. The maximum absolute atomic E-state index is 11.9. The maximum atomic E-state index is 11.9. The molecule has 128 valence electrons. The van der Waals surface area contributed by atoms with Gasteiger partial charge in [0, 0.05) is 0 Å². The zero-order valence-electron chi connectivity index (χ0n) is 14.6. The first-order chi connectivity index (χ1) is 11.2. The Labute approximate surface area is 140 Å². The summed E-state index contributed by atoms with van der Waals surface area (Å²) in [4.78, 5) is 11.9. The highest BCUT2D eigenvalue weighted by atomic mass is 16.6. The number of aryl methyl sites for hydroxylation is 1. The van der Waals surface area contributed by atoms with Crippen LogP contribution in [0, 0.1) is 0 Å². The van der Waals surface area contributed by atoms with Crippen molar-refractivity contribution >= 4 is 5.97 Å². The van der Waals surface area contributed by atoms with Gasteiger partial charge in [-0.1, -0.05) is 63.6 Å². The number of benzene rings is 1. The van der Waals surface area contributed by atoms with E-state index in [1.165, 1.54) is 38.5 Å². The van der Waals surface area contributed by atoms with E-state index in [1.807, 2.05) is 31.2 Å². The van der Waals surface area contributed by atoms with Crippen molar-refractivity contribution in [1.29, 1.82) is 0 Å². The van der Waals surface area contributed by atoms with E-state index in [-0.39, 0.29) is 5.76 Å². The van der Waals surface area contributed by atoms with Crippen molar-refractivity contribution in [3.8, 4) is 5.75 Å². The molecule has 3 nitrogen and oxygen atoms in total. The fraction of sp³-hybridized carbons (Fsp3) is 0.550. The topological polar surface area (TPSA) is 35.5 Å². The summed E-state index contributed by atoms with van der Waals surface area (Å²) in [5, 5.41) is 0. The van der Waals surface area contributed by atoms with Gasteiger partial charge in [0.25, 0.3) is 0 Å². The monoisotopic (exact) mass is 318 g/mol. The number of hydrogen-bond acceptors (Lipinski definition) is 3. The Bertz CT molecular complexity index is 480. The number of ether oxygens (including phenoxy) is 2. The molecule has 0 spiro atoms. The molecule has 0 aliphatic heterocycles. The summed E-state index contributed by atoms with van der Waals surface area (Å²) >= 11 is 0. The molecule has 0 saturated carbocycles. The van der Waals surface area contributed by atoms with Crippen LogP contribution in [-0.4, -0.2) is 12.6 Å². The molecule has 0 aliphatic carbocycles. The van der Waals surface area contributed by atoms with Gasteiger partial charge in [-0.15, -0.1) is 0 Å². The molecule has 0 N–H and O–H groups in total. The molecular formula is C20H30O3. The van der Waals surface area contributed by atoms with Crippen LogP contribution in [-0.2, 0) is 16.0 Å².